The maximum atomic E-state index is 12.9. The molecule has 33 heavy (non-hydrogen) atoms. The summed E-state index contributed by atoms with van der Waals surface area (Å²) in [6, 6.07) is 28.4. The van der Waals surface area contributed by atoms with Gasteiger partial charge in [0.05, 0.1) is 16.1 Å². The van der Waals surface area contributed by atoms with E-state index < -0.39 is 15.9 Å². The highest BCUT2D eigenvalue weighted by Gasteiger charge is 2.18. The fourth-order valence-electron chi connectivity index (χ4n) is 3.02. The summed E-state index contributed by atoms with van der Waals surface area (Å²) >= 11 is 5.84. The topological polar surface area (TPSA) is 84.5 Å². The van der Waals surface area contributed by atoms with Crippen LogP contribution in [0.3, 0.4) is 0 Å². The number of amides is 1. The van der Waals surface area contributed by atoms with E-state index in [2.05, 4.69) is 10.0 Å². The average Bonchev–Trinajstić information content (AvgIpc) is 2.81. The number of carbonyl (C=O) groups excluding carboxylic acids is 1. The average molecular weight is 479 g/mol. The van der Waals surface area contributed by atoms with Crippen LogP contribution in [0.1, 0.15) is 10.4 Å². The third-order valence-electron chi connectivity index (χ3n) is 4.63. The molecule has 0 saturated heterocycles. The number of hydrogen-bond acceptors (Lipinski definition) is 4. The van der Waals surface area contributed by atoms with E-state index in [0.29, 0.717) is 22.2 Å². The number of sulfonamides is 1. The summed E-state index contributed by atoms with van der Waals surface area (Å²) in [5.41, 5.74) is 0.879. The maximum absolute atomic E-state index is 12.9. The first-order valence-corrected chi connectivity index (χ1v) is 11.8. The van der Waals surface area contributed by atoms with Crippen molar-refractivity contribution >= 4 is 38.9 Å². The lowest BCUT2D eigenvalue weighted by Crippen LogP contribution is -2.18. The van der Waals surface area contributed by atoms with Crippen LogP contribution in [-0.2, 0) is 10.0 Å². The Morgan fingerprint density at radius 3 is 2.03 bits per heavy atom. The zero-order valence-electron chi connectivity index (χ0n) is 17.2. The van der Waals surface area contributed by atoms with Crippen LogP contribution in [0.2, 0.25) is 5.02 Å². The SMILES string of the molecule is O=C(Nc1ccc(Oc2ccccc2)cc1)c1ccccc1NS(=O)(=O)c1ccc(Cl)cc1. The second-order valence-electron chi connectivity index (χ2n) is 7.00. The van der Waals surface area contributed by atoms with E-state index in [1.807, 2.05) is 30.3 Å². The molecular formula is C25H19ClN2O4S. The molecule has 0 fully saturated rings. The highest BCUT2D eigenvalue weighted by Crippen LogP contribution is 2.25. The third-order valence-corrected chi connectivity index (χ3v) is 6.26. The summed E-state index contributed by atoms with van der Waals surface area (Å²) in [6.07, 6.45) is 0. The van der Waals surface area contributed by atoms with Gasteiger partial charge in [-0.1, -0.05) is 41.9 Å². The molecule has 0 atom stereocenters. The predicted molar refractivity (Wildman–Crippen MR) is 130 cm³/mol. The lowest BCUT2D eigenvalue weighted by molar-refractivity contribution is 0.102. The molecule has 166 valence electrons. The van der Waals surface area contributed by atoms with E-state index in [9.17, 15) is 13.2 Å². The minimum Gasteiger partial charge on any atom is -0.457 e. The summed E-state index contributed by atoms with van der Waals surface area (Å²) < 4.78 is 33.7. The molecule has 0 bridgehead atoms. The van der Waals surface area contributed by atoms with Gasteiger partial charge in [-0.05, 0) is 72.8 Å². The lowest BCUT2D eigenvalue weighted by atomic mass is 10.1. The monoisotopic (exact) mass is 478 g/mol. The quantitative estimate of drug-likeness (QED) is 0.332. The predicted octanol–water partition coefficient (Wildman–Crippen LogP) is 6.19. The van der Waals surface area contributed by atoms with Crippen molar-refractivity contribution in [3.8, 4) is 11.5 Å². The van der Waals surface area contributed by atoms with Gasteiger partial charge >= 0.3 is 0 Å². The second kappa shape index (κ2) is 9.77. The highest BCUT2D eigenvalue weighted by molar-refractivity contribution is 7.92. The zero-order chi connectivity index (χ0) is 23.3. The molecule has 0 aliphatic rings. The number of ether oxygens (including phenoxy) is 1. The summed E-state index contributed by atoms with van der Waals surface area (Å²) in [4.78, 5) is 12.9. The number of nitrogens with one attached hydrogen (secondary N) is 2. The van der Waals surface area contributed by atoms with Gasteiger partial charge in [0.2, 0.25) is 0 Å². The second-order valence-corrected chi connectivity index (χ2v) is 9.12. The van der Waals surface area contributed by atoms with Gasteiger partial charge in [-0.25, -0.2) is 8.42 Å². The molecule has 0 spiro atoms. The van der Waals surface area contributed by atoms with Gasteiger partial charge < -0.3 is 10.1 Å². The first kappa shape index (κ1) is 22.4. The van der Waals surface area contributed by atoms with Crippen LogP contribution in [-0.4, -0.2) is 14.3 Å². The molecule has 6 nitrogen and oxygen atoms in total. The minimum absolute atomic E-state index is 0.0381. The molecular weight excluding hydrogens is 460 g/mol. The summed E-state index contributed by atoms with van der Waals surface area (Å²) in [5.74, 6) is 0.868. The van der Waals surface area contributed by atoms with E-state index >= 15 is 0 Å². The molecule has 4 aromatic carbocycles. The smallest absolute Gasteiger partial charge is 0.261 e. The first-order chi connectivity index (χ1) is 15.9. The Hall–Kier alpha value is -3.81. The van der Waals surface area contributed by atoms with E-state index in [0.717, 1.165) is 0 Å². The van der Waals surface area contributed by atoms with Gasteiger partial charge in [-0.3, -0.25) is 9.52 Å². The Kier molecular flexibility index (Phi) is 6.63. The maximum Gasteiger partial charge on any atom is 0.261 e. The number of para-hydroxylation sites is 2. The molecule has 8 heteroatoms. The van der Waals surface area contributed by atoms with Crippen LogP contribution in [0.4, 0.5) is 11.4 Å². The molecule has 0 unspecified atom stereocenters. The molecule has 4 aromatic rings. The Labute approximate surface area is 196 Å². The summed E-state index contributed by atoms with van der Waals surface area (Å²) in [5, 5.41) is 3.20. The molecule has 2 N–H and O–H groups in total. The van der Waals surface area contributed by atoms with Crippen molar-refractivity contribution in [3.05, 3.63) is 114 Å². The number of rotatable bonds is 7. The van der Waals surface area contributed by atoms with E-state index in [1.54, 1.807) is 42.5 Å². The van der Waals surface area contributed by atoms with Crippen molar-refractivity contribution < 1.29 is 17.9 Å². The van der Waals surface area contributed by atoms with Crippen LogP contribution in [0, 0.1) is 0 Å². The molecule has 0 heterocycles. The van der Waals surface area contributed by atoms with Gasteiger partial charge in [0.25, 0.3) is 15.9 Å². The number of hydrogen-bond donors (Lipinski definition) is 2. The largest absolute Gasteiger partial charge is 0.457 e. The van der Waals surface area contributed by atoms with Crippen LogP contribution in [0.25, 0.3) is 0 Å². The fraction of sp³-hybridized carbons (Fsp3) is 0. The third kappa shape index (κ3) is 5.71. The molecule has 0 aliphatic carbocycles. The molecule has 0 saturated carbocycles. The summed E-state index contributed by atoms with van der Waals surface area (Å²) in [6.45, 7) is 0. The van der Waals surface area contributed by atoms with Crippen molar-refractivity contribution in [2.24, 2.45) is 0 Å². The van der Waals surface area contributed by atoms with Gasteiger partial charge in [0.15, 0.2) is 0 Å². The van der Waals surface area contributed by atoms with Crippen molar-refractivity contribution in [1.29, 1.82) is 0 Å². The van der Waals surface area contributed by atoms with Gasteiger partial charge in [0.1, 0.15) is 11.5 Å². The number of benzene rings is 4. The highest BCUT2D eigenvalue weighted by atomic mass is 35.5. The van der Waals surface area contributed by atoms with Crippen LogP contribution in [0.5, 0.6) is 11.5 Å². The Balaban J connectivity index is 1.48. The van der Waals surface area contributed by atoms with E-state index in [4.69, 9.17) is 16.3 Å². The molecule has 1 amide bonds. The van der Waals surface area contributed by atoms with Crippen LogP contribution >= 0.6 is 11.6 Å². The van der Waals surface area contributed by atoms with E-state index in [1.165, 1.54) is 30.3 Å². The van der Waals surface area contributed by atoms with Gasteiger partial charge in [-0.2, -0.15) is 0 Å². The van der Waals surface area contributed by atoms with Gasteiger partial charge in [-0.15, -0.1) is 0 Å². The van der Waals surface area contributed by atoms with Crippen molar-refractivity contribution in [3.63, 3.8) is 0 Å². The van der Waals surface area contributed by atoms with Crippen molar-refractivity contribution in [1.82, 2.24) is 0 Å². The van der Waals surface area contributed by atoms with Crippen LogP contribution in [0.15, 0.2) is 108 Å². The van der Waals surface area contributed by atoms with Crippen molar-refractivity contribution in [2.45, 2.75) is 4.90 Å². The van der Waals surface area contributed by atoms with E-state index in [-0.39, 0.29) is 16.1 Å². The van der Waals surface area contributed by atoms with Crippen LogP contribution < -0.4 is 14.8 Å². The molecule has 4 rings (SSSR count). The normalized spacial score (nSPS) is 10.9. The number of carbonyl (C=O) groups is 1. The number of anilines is 2. The zero-order valence-corrected chi connectivity index (χ0v) is 18.8. The summed E-state index contributed by atoms with van der Waals surface area (Å²) in [7, 11) is -3.90. The van der Waals surface area contributed by atoms with Gasteiger partial charge in [0, 0.05) is 10.7 Å². The minimum atomic E-state index is -3.90. The Morgan fingerprint density at radius 1 is 0.727 bits per heavy atom. The number of halogens is 1. The van der Waals surface area contributed by atoms with Crippen molar-refractivity contribution in [2.75, 3.05) is 10.0 Å². The molecule has 0 aliphatic heterocycles. The Bertz CT molecular complexity index is 1360. The first-order valence-electron chi connectivity index (χ1n) is 9.92. The fourth-order valence-corrected chi connectivity index (χ4v) is 4.22. The Morgan fingerprint density at radius 2 is 1.33 bits per heavy atom. The molecule has 0 radical (unpaired) electrons. The lowest BCUT2D eigenvalue weighted by Gasteiger charge is -2.13. The standard InChI is InChI=1S/C25H19ClN2O4S/c26-18-10-16-22(17-11-18)33(30,31)28-24-9-5-4-8-23(24)25(29)27-19-12-14-21(15-13-19)32-20-6-2-1-3-7-20/h1-17,28H,(H,27,29). The molecule has 0 aromatic heterocycles.